The molecule has 0 unspecified atom stereocenters. The molecule has 0 fully saturated rings. The average molecular weight is 816 g/mol. The SMILES string of the molecule is c1cc(-c2ccc(N(c3ccc(-c4ccc(-c5cccc6ccccc56)cc4)cc3)c3ccccc3-c3cccc4oc5ccccc5c34)cc2)cc(-c2cccc3ccccc23)c1. The lowest BCUT2D eigenvalue weighted by Crippen LogP contribution is -2.11. The first-order valence-corrected chi connectivity index (χ1v) is 21.9. The van der Waals surface area contributed by atoms with Gasteiger partial charge in [-0.25, -0.2) is 0 Å². The zero-order valence-corrected chi connectivity index (χ0v) is 35.0. The second-order valence-corrected chi connectivity index (χ2v) is 16.4. The summed E-state index contributed by atoms with van der Waals surface area (Å²) >= 11 is 0. The third-order valence-electron chi connectivity index (χ3n) is 12.7. The summed E-state index contributed by atoms with van der Waals surface area (Å²) in [4.78, 5) is 2.39. The molecule has 12 aromatic rings. The standard InChI is InChI=1S/C62H41NO/c1-3-19-52-45(13-1)15-10-23-54(52)47-31-29-42(30-32-47)43-33-37-50(38-34-43)63(59-26-7-5-21-56(59)57-25-12-28-61-62(57)58-22-6-8-27-60(58)64-61)51-39-35-44(36-40-51)48-17-9-18-49(41-48)55-24-11-16-46-14-2-4-20-53(46)55/h1-41H. The van der Waals surface area contributed by atoms with Crippen molar-refractivity contribution in [2.75, 3.05) is 4.90 Å². The molecule has 1 aromatic heterocycles. The minimum absolute atomic E-state index is 0.881. The number of anilines is 3. The molecule has 0 amide bonds. The Morgan fingerprint density at radius 3 is 1.39 bits per heavy atom. The maximum Gasteiger partial charge on any atom is 0.136 e. The topological polar surface area (TPSA) is 16.4 Å². The van der Waals surface area contributed by atoms with Crippen LogP contribution in [0.1, 0.15) is 0 Å². The van der Waals surface area contributed by atoms with Crippen LogP contribution in [-0.2, 0) is 0 Å². The van der Waals surface area contributed by atoms with Gasteiger partial charge in [-0.05, 0) is 120 Å². The molecule has 0 bridgehead atoms. The molecule has 300 valence electrons. The van der Waals surface area contributed by atoms with Crippen LogP contribution in [0, 0.1) is 0 Å². The Kier molecular flexibility index (Phi) is 9.20. The number of rotatable bonds is 8. The minimum Gasteiger partial charge on any atom is -0.456 e. The van der Waals surface area contributed by atoms with Gasteiger partial charge in [-0.2, -0.15) is 0 Å². The van der Waals surface area contributed by atoms with Crippen molar-refractivity contribution in [1.29, 1.82) is 0 Å². The second kappa shape index (κ2) is 15.8. The number of fused-ring (bicyclic) bond motifs is 5. The van der Waals surface area contributed by atoms with Crippen molar-refractivity contribution in [3.8, 4) is 55.6 Å². The fourth-order valence-corrected chi connectivity index (χ4v) is 9.59. The van der Waals surface area contributed by atoms with Crippen LogP contribution in [0.5, 0.6) is 0 Å². The first-order valence-electron chi connectivity index (χ1n) is 21.9. The van der Waals surface area contributed by atoms with Crippen LogP contribution < -0.4 is 4.90 Å². The van der Waals surface area contributed by atoms with E-state index in [9.17, 15) is 0 Å². The van der Waals surface area contributed by atoms with Crippen molar-refractivity contribution in [2.24, 2.45) is 0 Å². The van der Waals surface area contributed by atoms with E-state index in [1.165, 1.54) is 54.9 Å². The highest BCUT2D eigenvalue weighted by Crippen LogP contribution is 2.45. The largest absolute Gasteiger partial charge is 0.456 e. The first-order chi connectivity index (χ1) is 31.7. The van der Waals surface area contributed by atoms with Crippen LogP contribution in [0.2, 0.25) is 0 Å². The van der Waals surface area contributed by atoms with Crippen molar-refractivity contribution in [3.63, 3.8) is 0 Å². The lowest BCUT2D eigenvalue weighted by atomic mass is 9.95. The van der Waals surface area contributed by atoms with Gasteiger partial charge in [-0.3, -0.25) is 0 Å². The van der Waals surface area contributed by atoms with E-state index in [2.05, 4.69) is 248 Å². The third-order valence-corrected chi connectivity index (χ3v) is 12.7. The predicted octanol–water partition coefficient (Wildman–Crippen LogP) is 17.7. The molecule has 2 heteroatoms. The van der Waals surface area contributed by atoms with Gasteiger partial charge < -0.3 is 9.32 Å². The molecule has 0 radical (unpaired) electrons. The number of benzene rings is 11. The van der Waals surface area contributed by atoms with Gasteiger partial charge in [0.05, 0.1) is 5.69 Å². The summed E-state index contributed by atoms with van der Waals surface area (Å²) in [5.74, 6) is 0. The lowest BCUT2D eigenvalue weighted by molar-refractivity contribution is 0.669. The van der Waals surface area contributed by atoms with E-state index >= 15 is 0 Å². The summed E-state index contributed by atoms with van der Waals surface area (Å²) in [7, 11) is 0. The Bertz CT molecular complexity index is 3640. The van der Waals surface area contributed by atoms with Crippen LogP contribution in [0.25, 0.3) is 99.1 Å². The number of furan rings is 1. The first kappa shape index (κ1) is 37.3. The molecular formula is C62H41NO. The monoisotopic (exact) mass is 815 g/mol. The molecule has 11 aromatic carbocycles. The fourth-order valence-electron chi connectivity index (χ4n) is 9.59. The van der Waals surface area contributed by atoms with Crippen LogP contribution in [0.3, 0.4) is 0 Å². The summed E-state index contributed by atoms with van der Waals surface area (Å²) < 4.78 is 6.39. The van der Waals surface area contributed by atoms with E-state index in [0.29, 0.717) is 0 Å². The highest BCUT2D eigenvalue weighted by atomic mass is 16.3. The fraction of sp³-hybridized carbons (Fsp3) is 0. The van der Waals surface area contributed by atoms with Crippen molar-refractivity contribution in [3.05, 3.63) is 249 Å². The average Bonchev–Trinajstić information content (AvgIpc) is 3.76. The Labute approximate surface area is 372 Å². The maximum absolute atomic E-state index is 6.39. The molecule has 0 N–H and O–H groups in total. The summed E-state index contributed by atoms with van der Waals surface area (Å²) in [6.07, 6.45) is 0. The minimum atomic E-state index is 0.881. The van der Waals surface area contributed by atoms with Crippen LogP contribution in [0.15, 0.2) is 253 Å². The number of para-hydroxylation sites is 2. The molecular weight excluding hydrogens is 775 g/mol. The Morgan fingerprint density at radius 1 is 0.266 bits per heavy atom. The van der Waals surface area contributed by atoms with E-state index in [-0.39, 0.29) is 0 Å². The zero-order valence-electron chi connectivity index (χ0n) is 35.0. The molecule has 0 saturated carbocycles. The van der Waals surface area contributed by atoms with Crippen LogP contribution in [0.4, 0.5) is 17.1 Å². The number of hydrogen-bond acceptors (Lipinski definition) is 2. The van der Waals surface area contributed by atoms with E-state index in [4.69, 9.17) is 4.42 Å². The van der Waals surface area contributed by atoms with Crippen LogP contribution >= 0.6 is 0 Å². The van der Waals surface area contributed by atoms with Gasteiger partial charge in [0, 0.05) is 27.7 Å². The van der Waals surface area contributed by atoms with Gasteiger partial charge in [0.25, 0.3) is 0 Å². The lowest BCUT2D eigenvalue weighted by Gasteiger charge is -2.28. The Balaban J connectivity index is 0.947. The molecule has 2 nitrogen and oxygen atoms in total. The number of nitrogens with zero attached hydrogens (tertiary/aromatic N) is 1. The Hall–Kier alpha value is -8.46. The van der Waals surface area contributed by atoms with E-state index in [1.54, 1.807) is 0 Å². The predicted molar refractivity (Wildman–Crippen MR) is 271 cm³/mol. The van der Waals surface area contributed by atoms with Gasteiger partial charge in [-0.15, -0.1) is 0 Å². The Morgan fingerprint density at radius 2 is 0.703 bits per heavy atom. The molecule has 64 heavy (non-hydrogen) atoms. The van der Waals surface area contributed by atoms with Gasteiger partial charge in [0.2, 0.25) is 0 Å². The molecule has 0 aliphatic heterocycles. The zero-order chi connectivity index (χ0) is 42.4. The molecule has 1 heterocycles. The summed E-state index contributed by atoms with van der Waals surface area (Å²) in [5.41, 5.74) is 16.8. The molecule has 0 atom stereocenters. The van der Waals surface area contributed by atoms with Gasteiger partial charge in [0.1, 0.15) is 11.2 Å². The third kappa shape index (κ3) is 6.61. The highest BCUT2D eigenvalue weighted by molar-refractivity contribution is 6.14. The van der Waals surface area contributed by atoms with Gasteiger partial charge in [0.15, 0.2) is 0 Å². The van der Waals surface area contributed by atoms with E-state index in [1.807, 2.05) is 6.07 Å². The summed E-state index contributed by atoms with van der Waals surface area (Å²) in [6, 6.07) is 89.6. The molecule has 0 saturated heterocycles. The molecule has 0 spiro atoms. The molecule has 0 aliphatic carbocycles. The molecule has 12 rings (SSSR count). The van der Waals surface area contributed by atoms with Gasteiger partial charge >= 0.3 is 0 Å². The maximum atomic E-state index is 6.39. The summed E-state index contributed by atoms with van der Waals surface area (Å²) in [5, 5.41) is 7.25. The van der Waals surface area contributed by atoms with Crippen molar-refractivity contribution in [1.82, 2.24) is 0 Å². The summed E-state index contributed by atoms with van der Waals surface area (Å²) in [6.45, 7) is 0. The number of hydrogen-bond donors (Lipinski definition) is 0. The van der Waals surface area contributed by atoms with Gasteiger partial charge in [-0.1, -0.05) is 200 Å². The smallest absolute Gasteiger partial charge is 0.136 e. The van der Waals surface area contributed by atoms with Crippen molar-refractivity contribution >= 4 is 60.5 Å². The highest BCUT2D eigenvalue weighted by Gasteiger charge is 2.21. The molecule has 0 aliphatic rings. The quantitative estimate of drug-likeness (QED) is 0.152. The normalized spacial score (nSPS) is 11.4. The second-order valence-electron chi connectivity index (χ2n) is 16.4. The van der Waals surface area contributed by atoms with Crippen molar-refractivity contribution < 1.29 is 4.42 Å². The van der Waals surface area contributed by atoms with E-state index < -0.39 is 0 Å². The van der Waals surface area contributed by atoms with Crippen LogP contribution in [-0.4, -0.2) is 0 Å². The van der Waals surface area contributed by atoms with Crippen molar-refractivity contribution in [2.45, 2.75) is 0 Å². The van der Waals surface area contributed by atoms with E-state index in [0.717, 1.165) is 61.3 Å².